The number of benzene rings is 1. The number of amides is 2. The monoisotopic (exact) mass is 262 g/mol. The van der Waals surface area contributed by atoms with Crippen LogP contribution in [0.25, 0.3) is 0 Å². The summed E-state index contributed by atoms with van der Waals surface area (Å²) < 4.78 is 0. The molecule has 0 fully saturated rings. The second-order valence-electron chi connectivity index (χ2n) is 4.48. The van der Waals surface area contributed by atoms with Gasteiger partial charge in [-0.15, -0.1) is 0 Å². The lowest BCUT2D eigenvalue weighted by molar-refractivity contribution is -0.128. The van der Waals surface area contributed by atoms with E-state index >= 15 is 0 Å². The first-order chi connectivity index (χ1) is 9.15. The van der Waals surface area contributed by atoms with E-state index in [1.54, 1.807) is 24.0 Å². The van der Waals surface area contributed by atoms with Crippen molar-refractivity contribution in [2.45, 2.75) is 26.7 Å². The Morgan fingerprint density at radius 2 is 1.84 bits per heavy atom. The van der Waals surface area contributed by atoms with Crippen molar-refractivity contribution >= 4 is 11.8 Å². The molecule has 2 amide bonds. The van der Waals surface area contributed by atoms with E-state index in [1.165, 1.54) is 0 Å². The topological polar surface area (TPSA) is 49.4 Å². The minimum atomic E-state index is -0.0976. The fraction of sp³-hybridized carbons (Fsp3) is 0.467. The van der Waals surface area contributed by atoms with E-state index in [1.807, 2.05) is 18.2 Å². The molecule has 1 aromatic rings. The van der Waals surface area contributed by atoms with E-state index in [0.717, 1.165) is 19.4 Å². The third kappa shape index (κ3) is 5.55. The third-order valence-corrected chi connectivity index (χ3v) is 2.93. The SMILES string of the molecule is CCCCN(CCNC(=O)c1ccccc1)C(C)=O. The van der Waals surface area contributed by atoms with Gasteiger partial charge in [-0.2, -0.15) is 0 Å². The Morgan fingerprint density at radius 1 is 1.16 bits per heavy atom. The molecule has 0 saturated carbocycles. The van der Waals surface area contributed by atoms with Gasteiger partial charge in [-0.05, 0) is 18.6 Å². The Morgan fingerprint density at radius 3 is 2.42 bits per heavy atom. The largest absolute Gasteiger partial charge is 0.350 e. The van der Waals surface area contributed by atoms with Gasteiger partial charge >= 0.3 is 0 Å². The number of carbonyl (C=O) groups excluding carboxylic acids is 2. The van der Waals surface area contributed by atoms with Gasteiger partial charge < -0.3 is 10.2 Å². The van der Waals surface area contributed by atoms with Crippen LogP contribution in [0.2, 0.25) is 0 Å². The van der Waals surface area contributed by atoms with Gasteiger partial charge in [0.05, 0.1) is 0 Å². The van der Waals surface area contributed by atoms with Gasteiger partial charge in [-0.1, -0.05) is 31.5 Å². The molecule has 1 rings (SSSR count). The van der Waals surface area contributed by atoms with Gasteiger partial charge in [0.2, 0.25) is 5.91 Å². The van der Waals surface area contributed by atoms with E-state index in [-0.39, 0.29) is 11.8 Å². The first-order valence-corrected chi connectivity index (χ1v) is 6.74. The van der Waals surface area contributed by atoms with Crippen LogP contribution in [0.15, 0.2) is 30.3 Å². The van der Waals surface area contributed by atoms with Crippen LogP contribution in [0.3, 0.4) is 0 Å². The number of nitrogens with zero attached hydrogens (tertiary/aromatic N) is 1. The predicted molar refractivity (Wildman–Crippen MR) is 75.9 cm³/mol. The fourth-order valence-corrected chi connectivity index (χ4v) is 1.77. The van der Waals surface area contributed by atoms with Gasteiger partial charge in [0.15, 0.2) is 0 Å². The second-order valence-corrected chi connectivity index (χ2v) is 4.48. The zero-order valence-electron chi connectivity index (χ0n) is 11.7. The summed E-state index contributed by atoms with van der Waals surface area (Å²) in [5, 5.41) is 2.83. The van der Waals surface area contributed by atoms with E-state index in [9.17, 15) is 9.59 Å². The number of hydrogen-bond acceptors (Lipinski definition) is 2. The third-order valence-electron chi connectivity index (χ3n) is 2.93. The molecular weight excluding hydrogens is 240 g/mol. The maximum atomic E-state index is 11.8. The summed E-state index contributed by atoms with van der Waals surface area (Å²) in [5.74, 6) is -0.0398. The molecule has 4 nitrogen and oxygen atoms in total. The summed E-state index contributed by atoms with van der Waals surface area (Å²) in [4.78, 5) is 25.0. The van der Waals surface area contributed by atoms with E-state index in [0.29, 0.717) is 18.7 Å². The van der Waals surface area contributed by atoms with Crippen molar-refractivity contribution in [2.24, 2.45) is 0 Å². The number of nitrogens with one attached hydrogen (secondary N) is 1. The van der Waals surface area contributed by atoms with Crippen molar-refractivity contribution in [2.75, 3.05) is 19.6 Å². The van der Waals surface area contributed by atoms with Crippen LogP contribution in [0.5, 0.6) is 0 Å². The highest BCUT2D eigenvalue weighted by molar-refractivity contribution is 5.94. The second kappa shape index (κ2) is 8.29. The summed E-state index contributed by atoms with van der Waals surface area (Å²) >= 11 is 0. The Hall–Kier alpha value is -1.84. The van der Waals surface area contributed by atoms with Crippen LogP contribution >= 0.6 is 0 Å². The highest BCUT2D eigenvalue weighted by Crippen LogP contribution is 1.98. The average molecular weight is 262 g/mol. The summed E-state index contributed by atoms with van der Waals surface area (Å²) in [7, 11) is 0. The predicted octanol–water partition coefficient (Wildman–Crippen LogP) is 2.06. The minimum absolute atomic E-state index is 0.0578. The molecule has 0 aliphatic rings. The molecule has 0 spiro atoms. The quantitative estimate of drug-likeness (QED) is 0.817. The summed E-state index contributed by atoms with van der Waals surface area (Å²) in [6, 6.07) is 9.08. The Bertz CT molecular complexity index is 404. The van der Waals surface area contributed by atoms with Gasteiger partial charge in [-0.3, -0.25) is 9.59 Å². The molecule has 104 valence electrons. The number of hydrogen-bond donors (Lipinski definition) is 1. The summed E-state index contributed by atoms with van der Waals surface area (Å²) in [6.07, 6.45) is 2.05. The molecule has 0 aliphatic heterocycles. The molecule has 0 atom stereocenters. The van der Waals surface area contributed by atoms with Crippen LogP contribution in [0.4, 0.5) is 0 Å². The van der Waals surface area contributed by atoms with E-state index in [4.69, 9.17) is 0 Å². The molecule has 0 radical (unpaired) electrons. The standard InChI is InChI=1S/C15H22N2O2/c1-3-4-11-17(13(2)18)12-10-16-15(19)14-8-6-5-7-9-14/h5-9H,3-4,10-12H2,1-2H3,(H,16,19). The van der Waals surface area contributed by atoms with Crippen molar-refractivity contribution in [1.29, 1.82) is 0 Å². The van der Waals surface area contributed by atoms with Gasteiger partial charge in [0, 0.05) is 32.1 Å². The Balaban J connectivity index is 2.35. The molecule has 0 unspecified atom stereocenters. The zero-order valence-corrected chi connectivity index (χ0v) is 11.7. The lowest BCUT2D eigenvalue weighted by Crippen LogP contribution is -2.38. The number of carbonyl (C=O) groups is 2. The molecule has 1 N–H and O–H groups in total. The van der Waals surface area contributed by atoms with Crippen molar-refractivity contribution in [3.63, 3.8) is 0 Å². The lowest BCUT2D eigenvalue weighted by Gasteiger charge is -2.20. The maximum absolute atomic E-state index is 11.8. The molecule has 0 aliphatic carbocycles. The van der Waals surface area contributed by atoms with Gasteiger partial charge in [0.1, 0.15) is 0 Å². The van der Waals surface area contributed by atoms with Crippen molar-refractivity contribution < 1.29 is 9.59 Å². The van der Waals surface area contributed by atoms with Crippen LogP contribution < -0.4 is 5.32 Å². The number of unbranched alkanes of at least 4 members (excludes halogenated alkanes) is 1. The first kappa shape index (κ1) is 15.2. The van der Waals surface area contributed by atoms with Crippen LogP contribution in [-0.2, 0) is 4.79 Å². The molecule has 0 bridgehead atoms. The molecule has 0 saturated heterocycles. The average Bonchev–Trinajstić information content (AvgIpc) is 2.43. The molecule has 19 heavy (non-hydrogen) atoms. The molecule has 1 aromatic carbocycles. The molecular formula is C15H22N2O2. The van der Waals surface area contributed by atoms with Crippen LogP contribution in [0.1, 0.15) is 37.0 Å². The maximum Gasteiger partial charge on any atom is 0.251 e. The summed E-state index contributed by atoms with van der Waals surface area (Å²) in [5.41, 5.74) is 0.644. The molecule has 4 heteroatoms. The van der Waals surface area contributed by atoms with E-state index < -0.39 is 0 Å². The Kier molecular flexibility index (Phi) is 6.64. The zero-order chi connectivity index (χ0) is 14.1. The molecule has 0 aromatic heterocycles. The highest BCUT2D eigenvalue weighted by atomic mass is 16.2. The Labute approximate surface area is 114 Å². The van der Waals surface area contributed by atoms with Crippen molar-refractivity contribution in [3.8, 4) is 0 Å². The van der Waals surface area contributed by atoms with Crippen molar-refractivity contribution in [3.05, 3.63) is 35.9 Å². The van der Waals surface area contributed by atoms with E-state index in [2.05, 4.69) is 12.2 Å². The first-order valence-electron chi connectivity index (χ1n) is 6.74. The smallest absolute Gasteiger partial charge is 0.251 e. The number of rotatable bonds is 7. The van der Waals surface area contributed by atoms with Gasteiger partial charge in [-0.25, -0.2) is 0 Å². The van der Waals surface area contributed by atoms with Crippen LogP contribution in [-0.4, -0.2) is 36.3 Å². The fourth-order valence-electron chi connectivity index (χ4n) is 1.77. The lowest BCUT2D eigenvalue weighted by atomic mass is 10.2. The molecule has 0 heterocycles. The minimum Gasteiger partial charge on any atom is -0.350 e. The highest BCUT2D eigenvalue weighted by Gasteiger charge is 2.09. The van der Waals surface area contributed by atoms with Crippen molar-refractivity contribution in [1.82, 2.24) is 10.2 Å². The summed E-state index contributed by atoms with van der Waals surface area (Å²) in [6.45, 7) is 5.46. The van der Waals surface area contributed by atoms with Crippen LogP contribution in [0, 0.1) is 0 Å². The normalized spacial score (nSPS) is 10.0. The van der Waals surface area contributed by atoms with Gasteiger partial charge in [0.25, 0.3) is 5.91 Å².